The van der Waals surface area contributed by atoms with Gasteiger partial charge in [-0.1, -0.05) is 29.3 Å². The zero-order valence-electron chi connectivity index (χ0n) is 10.4. The normalized spacial score (nSPS) is 13.8. The number of aromatic nitrogens is 1. The van der Waals surface area contributed by atoms with Crippen LogP contribution in [0.25, 0.3) is 0 Å². The van der Waals surface area contributed by atoms with E-state index in [0.717, 1.165) is 0 Å². The summed E-state index contributed by atoms with van der Waals surface area (Å²) < 4.78 is 0.678. The molecule has 0 spiro atoms. The maximum atomic E-state index is 12.2. The number of anilines is 1. The number of carbonyl (C=O) groups is 2. The van der Waals surface area contributed by atoms with Crippen LogP contribution in [-0.2, 0) is 11.3 Å². The molecule has 0 aliphatic carbocycles. The van der Waals surface area contributed by atoms with Gasteiger partial charge in [-0.15, -0.1) is 0 Å². The molecule has 0 N–H and O–H groups in total. The van der Waals surface area contributed by atoms with Crippen molar-refractivity contribution in [1.82, 2.24) is 4.98 Å². The van der Waals surface area contributed by atoms with Gasteiger partial charge in [0, 0.05) is 16.2 Å². The smallest absolute Gasteiger partial charge is 0.299 e. The third-order valence-electron chi connectivity index (χ3n) is 3.17. The lowest BCUT2D eigenvalue weighted by Crippen LogP contribution is -2.29. The van der Waals surface area contributed by atoms with E-state index in [4.69, 9.17) is 23.2 Å². The van der Waals surface area contributed by atoms with Crippen LogP contribution in [0.2, 0.25) is 10.2 Å². The number of halogens is 3. The second-order valence-electron chi connectivity index (χ2n) is 4.45. The minimum atomic E-state index is -0.581. The number of fused-ring (bicyclic) bond motifs is 1. The lowest BCUT2D eigenvalue weighted by Gasteiger charge is -2.18. The number of ketones is 1. The van der Waals surface area contributed by atoms with E-state index in [9.17, 15) is 9.59 Å². The van der Waals surface area contributed by atoms with Crippen molar-refractivity contribution in [2.75, 3.05) is 4.90 Å². The van der Waals surface area contributed by atoms with Gasteiger partial charge >= 0.3 is 0 Å². The van der Waals surface area contributed by atoms with Crippen LogP contribution in [-0.4, -0.2) is 16.7 Å². The van der Waals surface area contributed by atoms with Gasteiger partial charge in [0.05, 0.1) is 22.8 Å². The van der Waals surface area contributed by atoms with Gasteiger partial charge in [-0.2, -0.15) is 0 Å². The number of pyridine rings is 1. The minimum Gasteiger partial charge on any atom is -0.299 e. The van der Waals surface area contributed by atoms with Gasteiger partial charge in [-0.25, -0.2) is 4.98 Å². The molecule has 1 aromatic heterocycles. The Hall–Kier alpha value is -1.43. The monoisotopic (exact) mass is 384 g/mol. The molecule has 0 atom stereocenters. The largest absolute Gasteiger partial charge is 0.299 e. The second-order valence-corrected chi connectivity index (χ2v) is 6.10. The predicted octanol–water partition coefficient (Wildman–Crippen LogP) is 3.88. The summed E-state index contributed by atoms with van der Waals surface area (Å²) in [6, 6.07) is 6.62. The first kappa shape index (κ1) is 14.5. The molecular formula is C14H7BrCl2N2O2. The third kappa shape index (κ3) is 2.46. The Labute approximate surface area is 138 Å². The molecule has 4 nitrogen and oxygen atoms in total. The second kappa shape index (κ2) is 5.40. The predicted molar refractivity (Wildman–Crippen MR) is 83.9 cm³/mol. The molecule has 3 rings (SSSR count). The molecule has 0 saturated heterocycles. The molecular weight excluding hydrogens is 379 g/mol. The first-order valence-corrected chi connectivity index (χ1v) is 7.48. The number of nitrogens with zero attached hydrogens (tertiary/aromatic N) is 2. The van der Waals surface area contributed by atoms with Gasteiger partial charge in [-0.3, -0.25) is 14.5 Å². The Kier molecular flexibility index (Phi) is 3.73. The topological polar surface area (TPSA) is 50.3 Å². The number of benzene rings is 1. The van der Waals surface area contributed by atoms with Crippen molar-refractivity contribution in [3.05, 3.63) is 56.2 Å². The average molecular weight is 386 g/mol. The van der Waals surface area contributed by atoms with E-state index >= 15 is 0 Å². The first-order valence-electron chi connectivity index (χ1n) is 5.93. The standard InChI is InChI=1S/C14H7BrCl2N2O2/c15-9-3-1-2-8-12(9)19(14(21)13(8)20)6-7-5-18-11(17)4-10(7)16/h1-5H,6H2. The number of para-hydroxylation sites is 1. The van der Waals surface area contributed by atoms with Crippen LogP contribution in [0.4, 0.5) is 5.69 Å². The molecule has 0 radical (unpaired) electrons. The van der Waals surface area contributed by atoms with Crippen LogP contribution in [0.3, 0.4) is 0 Å². The zero-order valence-corrected chi connectivity index (χ0v) is 13.5. The molecule has 2 heterocycles. The number of hydrogen-bond acceptors (Lipinski definition) is 3. The van der Waals surface area contributed by atoms with Crippen LogP contribution >= 0.6 is 39.1 Å². The van der Waals surface area contributed by atoms with E-state index in [1.54, 1.807) is 18.2 Å². The molecule has 1 aliphatic rings. The molecule has 1 amide bonds. The van der Waals surface area contributed by atoms with Crippen LogP contribution in [0.15, 0.2) is 34.9 Å². The highest BCUT2D eigenvalue weighted by atomic mass is 79.9. The fourth-order valence-electron chi connectivity index (χ4n) is 2.19. The van der Waals surface area contributed by atoms with Crippen LogP contribution in [0.1, 0.15) is 15.9 Å². The Morgan fingerprint density at radius 3 is 2.71 bits per heavy atom. The molecule has 21 heavy (non-hydrogen) atoms. The fraction of sp³-hybridized carbons (Fsp3) is 0.0714. The first-order chi connectivity index (χ1) is 9.99. The Balaban J connectivity index is 2.04. The lowest BCUT2D eigenvalue weighted by atomic mass is 10.1. The van der Waals surface area contributed by atoms with Crippen molar-refractivity contribution in [3.63, 3.8) is 0 Å². The highest BCUT2D eigenvalue weighted by Crippen LogP contribution is 2.37. The summed E-state index contributed by atoms with van der Waals surface area (Å²) in [5.74, 6) is -1.10. The molecule has 2 aromatic rings. The Bertz CT molecular complexity index is 780. The van der Waals surface area contributed by atoms with E-state index in [2.05, 4.69) is 20.9 Å². The summed E-state index contributed by atoms with van der Waals surface area (Å²) in [5.41, 5.74) is 1.55. The number of amides is 1. The minimum absolute atomic E-state index is 0.156. The molecule has 1 aromatic carbocycles. The van der Waals surface area contributed by atoms with Gasteiger partial charge in [0.25, 0.3) is 11.7 Å². The molecule has 106 valence electrons. The number of carbonyl (C=O) groups excluding carboxylic acids is 2. The summed E-state index contributed by atoms with van der Waals surface area (Å²) in [4.78, 5) is 29.5. The molecule has 0 bridgehead atoms. The van der Waals surface area contributed by atoms with Gasteiger partial charge < -0.3 is 0 Å². The summed E-state index contributed by atoms with van der Waals surface area (Å²) >= 11 is 15.2. The summed E-state index contributed by atoms with van der Waals surface area (Å²) in [7, 11) is 0. The molecule has 7 heteroatoms. The van der Waals surface area contributed by atoms with E-state index in [1.165, 1.54) is 17.2 Å². The number of Topliss-reactive ketones (excluding diaryl/α,β-unsaturated/α-hetero) is 1. The maximum absolute atomic E-state index is 12.2. The van der Waals surface area contributed by atoms with Crippen molar-refractivity contribution in [3.8, 4) is 0 Å². The van der Waals surface area contributed by atoms with E-state index in [-0.39, 0.29) is 11.7 Å². The lowest BCUT2D eigenvalue weighted by molar-refractivity contribution is -0.114. The van der Waals surface area contributed by atoms with Gasteiger partial charge in [0.1, 0.15) is 5.15 Å². The molecule has 1 aliphatic heterocycles. The van der Waals surface area contributed by atoms with Crippen LogP contribution in [0, 0.1) is 0 Å². The SMILES string of the molecule is O=C1C(=O)N(Cc2cnc(Cl)cc2Cl)c2c(Br)cccc21. The van der Waals surface area contributed by atoms with E-state index < -0.39 is 11.7 Å². The average Bonchev–Trinajstić information content (AvgIpc) is 2.68. The highest BCUT2D eigenvalue weighted by Gasteiger charge is 2.37. The Morgan fingerprint density at radius 1 is 1.24 bits per heavy atom. The van der Waals surface area contributed by atoms with Gasteiger partial charge in [-0.05, 0) is 34.1 Å². The van der Waals surface area contributed by atoms with Crippen molar-refractivity contribution in [2.24, 2.45) is 0 Å². The van der Waals surface area contributed by atoms with E-state index in [0.29, 0.717) is 26.3 Å². The van der Waals surface area contributed by atoms with Crippen LogP contribution in [0.5, 0.6) is 0 Å². The number of rotatable bonds is 2. The van der Waals surface area contributed by atoms with Crippen molar-refractivity contribution in [1.29, 1.82) is 0 Å². The Morgan fingerprint density at radius 2 is 2.00 bits per heavy atom. The van der Waals surface area contributed by atoms with E-state index in [1.807, 2.05) is 0 Å². The summed E-state index contributed by atoms with van der Waals surface area (Å²) in [6.07, 6.45) is 1.50. The molecule has 0 saturated carbocycles. The molecule has 0 unspecified atom stereocenters. The highest BCUT2D eigenvalue weighted by molar-refractivity contribution is 9.10. The van der Waals surface area contributed by atoms with Gasteiger partial charge in [0.2, 0.25) is 0 Å². The van der Waals surface area contributed by atoms with Crippen molar-refractivity contribution < 1.29 is 9.59 Å². The molecule has 0 fully saturated rings. The number of hydrogen-bond donors (Lipinski definition) is 0. The third-order valence-corrected chi connectivity index (χ3v) is 4.36. The van der Waals surface area contributed by atoms with Crippen molar-refractivity contribution in [2.45, 2.75) is 6.54 Å². The van der Waals surface area contributed by atoms with Crippen LogP contribution < -0.4 is 4.90 Å². The van der Waals surface area contributed by atoms with Crippen molar-refractivity contribution >= 4 is 56.5 Å². The summed E-state index contributed by atoms with van der Waals surface area (Å²) in [5, 5.41) is 0.671. The fourth-order valence-corrected chi connectivity index (χ4v) is 3.19. The maximum Gasteiger partial charge on any atom is 0.299 e. The van der Waals surface area contributed by atoms with Gasteiger partial charge in [0.15, 0.2) is 0 Å². The zero-order chi connectivity index (χ0) is 15.1. The quantitative estimate of drug-likeness (QED) is 0.582. The summed E-state index contributed by atoms with van der Waals surface area (Å²) in [6.45, 7) is 0.156.